The van der Waals surface area contributed by atoms with E-state index in [1.165, 1.54) is 44.3 Å². The number of rotatable bonds is 4. The minimum atomic E-state index is 0.0676. The summed E-state index contributed by atoms with van der Waals surface area (Å²) >= 11 is 5.95. The summed E-state index contributed by atoms with van der Waals surface area (Å²) in [7, 11) is 0. The van der Waals surface area contributed by atoms with Gasteiger partial charge in [0, 0.05) is 17.1 Å². The zero-order valence-corrected chi connectivity index (χ0v) is 12.6. The van der Waals surface area contributed by atoms with Gasteiger partial charge in [0.05, 0.1) is 0 Å². The smallest absolute Gasteiger partial charge is 0.0406 e. The monoisotopic (exact) mass is 280 g/mol. The molecule has 0 spiro atoms. The molecule has 1 aliphatic rings. The van der Waals surface area contributed by atoms with Gasteiger partial charge >= 0.3 is 0 Å². The minimum Gasteiger partial charge on any atom is -0.329 e. The number of hydrogen-bond donors (Lipinski definition) is 1. The van der Waals surface area contributed by atoms with E-state index < -0.39 is 0 Å². The average Bonchev–Trinajstić information content (AvgIpc) is 2.71. The largest absolute Gasteiger partial charge is 0.329 e. The van der Waals surface area contributed by atoms with Crippen molar-refractivity contribution in [3.8, 4) is 0 Å². The zero-order chi connectivity index (χ0) is 13.7. The van der Waals surface area contributed by atoms with E-state index in [0.29, 0.717) is 6.54 Å². The van der Waals surface area contributed by atoms with Crippen LogP contribution >= 0.6 is 11.6 Å². The van der Waals surface area contributed by atoms with Crippen LogP contribution < -0.4 is 5.73 Å². The predicted molar refractivity (Wildman–Crippen MR) is 82.7 cm³/mol. The molecule has 2 rings (SSSR count). The second kappa shape index (κ2) is 6.74. The van der Waals surface area contributed by atoms with E-state index in [-0.39, 0.29) is 5.54 Å². The fourth-order valence-electron chi connectivity index (χ4n) is 2.97. The van der Waals surface area contributed by atoms with Gasteiger partial charge in [-0.2, -0.15) is 0 Å². The maximum Gasteiger partial charge on any atom is 0.0406 e. The highest BCUT2D eigenvalue weighted by Gasteiger charge is 2.30. The van der Waals surface area contributed by atoms with E-state index >= 15 is 0 Å². The Kier molecular flexibility index (Phi) is 5.26. The van der Waals surface area contributed by atoms with E-state index in [9.17, 15) is 0 Å². The van der Waals surface area contributed by atoms with Crippen LogP contribution in [0.2, 0.25) is 5.02 Å². The maximum absolute atomic E-state index is 6.10. The van der Waals surface area contributed by atoms with Crippen LogP contribution in [-0.4, -0.2) is 30.1 Å². The molecule has 1 atom stereocenters. The number of hydrogen-bond acceptors (Lipinski definition) is 2. The fourth-order valence-corrected chi connectivity index (χ4v) is 3.09. The highest BCUT2D eigenvalue weighted by molar-refractivity contribution is 6.30. The average molecular weight is 281 g/mol. The molecule has 0 aliphatic carbocycles. The summed E-state index contributed by atoms with van der Waals surface area (Å²) in [5.74, 6) is 0. The third kappa shape index (κ3) is 3.95. The molecule has 1 saturated heterocycles. The van der Waals surface area contributed by atoms with Gasteiger partial charge in [-0.1, -0.05) is 36.6 Å². The highest BCUT2D eigenvalue weighted by Crippen LogP contribution is 2.24. The first-order valence-corrected chi connectivity index (χ1v) is 7.71. The van der Waals surface area contributed by atoms with E-state index in [1.807, 2.05) is 12.1 Å². The third-order valence-electron chi connectivity index (χ3n) is 4.31. The van der Waals surface area contributed by atoms with Crippen LogP contribution in [0.25, 0.3) is 0 Å². The molecule has 0 saturated carbocycles. The van der Waals surface area contributed by atoms with Gasteiger partial charge < -0.3 is 5.73 Å². The summed E-state index contributed by atoms with van der Waals surface area (Å²) in [6, 6.07) is 8.18. The van der Waals surface area contributed by atoms with Crippen molar-refractivity contribution in [3.05, 3.63) is 34.9 Å². The van der Waals surface area contributed by atoms with Crippen LogP contribution in [0.3, 0.4) is 0 Å². The molecule has 1 aliphatic heterocycles. The molecule has 0 amide bonds. The molecule has 0 aromatic heterocycles. The van der Waals surface area contributed by atoms with Crippen LogP contribution in [0.15, 0.2) is 24.3 Å². The van der Waals surface area contributed by atoms with Crippen LogP contribution in [-0.2, 0) is 6.42 Å². The minimum absolute atomic E-state index is 0.0676. The number of benzene rings is 1. The quantitative estimate of drug-likeness (QED) is 0.915. The highest BCUT2D eigenvalue weighted by atomic mass is 35.5. The Balaban J connectivity index is 2.09. The maximum atomic E-state index is 6.10. The summed E-state index contributed by atoms with van der Waals surface area (Å²) in [4.78, 5) is 2.59. The van der Waals surface area contributed by atoms with Crippen molar-refractivity contribution in [1.82, 2.24) is 4.90 Å². The van der Waals surface area contributed by atoms with Crippen molar-refractivity contribution in [2.45, 2.75) is 44.6 Å². The normalized spacial score (nSPS) is 20.8. The topological polar surface area (TPSA) is 29.3 Å². The Morgan fingerprint density at radius 1 is 1.11 bits per heavy atom. The standard InChI is InChI=1S/C16H25ClN2/c1-16(13-18,19-10-4-2-3-5-11-19)12-14-6-8-15(17)9-7-14/h6-9H,2-5,10-13,18H2,1H3. The van der Waals surface area contributed by atoms with E-state index in [1.54, 1.807) is 0 Å². The van der Waals surface area contributed by atoms with Crippen LogP contribution in [0.5, 0.6) is 0 Å². The number of halogens is 1. The molecule has 0 bridgehead atoms. The lowest BCUT2D eigenvalue weighted by molar-refractivity contribution is 0.114. The third-order valence-corrected chi connectivity index (χ3v) is 4.56. The van der Waals surface area contributed by atoms with Crippen LogP contribution in [0, 0.1) is 0 Å². The van der Waals surface area contributed by atoms with Crippen molar-refractivity contribution >= 4 is 11.6 Å². The fraction of sp³-hybridized carbons (Fsp3) is 0.625. The molecule has 1 unspecified atom stereocenters. The Labute approximate surface area is 121 Å². The van der Waals surface area contributed by atoms with Gasteiger partial charge in [0.15, 0.2) is 0 Å². The number of nitrogens with zero attached hydrogens (tertiary/aromatic N) is 1. The molecule has 1 aromatic rings. The molecular weight excluding hydrogens is 256 g/mol. The molecule has 106 valence electrons. The van der Waals surface area contributed by atoms with Crippen molar-refractivity contribution in [3.63, 3.8) is 0 Å². The summed E-state index contributed by atoms with van der Waals surface area (Å²) < 4.78 is 0. The van der Waals surface area contributed by atoms with E-state index in [4.69, 9.17) is 17.3 Å². The van der Waals surface area contributed by atoms with Gasteiger partial charge in [-0.05, 0) is 57.0 Å². The van der Waals surface area contributed by atoms with Gasteiger partial charge in [-0.15, -0.1) is 0 Å². The van der Waals surface area contributed by atoms with Crippen molar-refractivity contribution in [2.75, 3.05) is 19.6 Å². The predicted octanol–water partition coefficient (Wildman–Crippen LogP) is 3.48. The second-order valence-electron chi connectivity index (χ2n) is 5.91. The Hall–Kier alpha value is -0.570. The van der Waals surface area contributed by atoms with Gasteiger partial charge in [0.25, 0.3) is 0 Å². The van der Waals surface area contributed by atoms with Gasteiger partial charge in [0.1, 0.15) is 0 Å². The Bertz CT molecular complexity index is 382. The Morgan fingerprint density at radius 2 is 1.68 bits per heavy atom. The Morgan fingerprint density at radius 3 is 2.21 bits per heavy atom. The van der Waals surface area contributed by atoms with Crippen LogP contribution in [0.1, 0.15) is 38.2 Å². The number of nitrogens with two attached hydrogens (primary N) is 1. The lowest BCUT2D eigenvalue weighted by Gasteiger charge is -2.40. The summed E-state index contributed by atoms with van der Waals surface area (Å²) in [6.45, 7) is 5.37. The molecule has 1 fully saturated rings. The van der Waals surface area contributed by atoms with E-state index in [0.717, 1.165) is 11.4 Å². The first kappa shape index (κ1) is 14.8. The first-order chi connectivity index (χ1) is 9.14. The number of likely N-dealkylation sites (tertiary alicyclic amines) is 1. The molecule has 2 nitrogen and oxygen atoms in total. The van der Waals surface area contributed by atoms with Crippen LogP contribution in [0.4, 0.5) is 0 Å². The first-order valence-electron chi connectivity index (χ1n) is 7.34. The molecule has 19 heavy (non-hydrogen) atoms. The molecular formula is C16H25ClN2. The molecule has 1 aromatic carbocycles. The lowest BCUT2D eigenvalue weighted by atomic mass is 9.90. The molecule has 1 heterocycles. The lowest BCUT2D eigenvalue weighted by Crippen LogP contribution is -2.53. The van der Waals surface area contributed by atoms with Crippen molar-refractivity contribution < 1.29 is 0 Å². The van der Waals surface area contributed by atoms with E-state index in [2.05, 4.69) is 24.0 Å². The zero-order valence-electron chi connectivity index (χ0n) is 11.9. The summed E-state index contributed by atoms with van der Waals surface area (Å²) in [5, 5.41) is 0.799. The second-order valence-corrected chi connectivity index (χ2v) is 6.34. The molecule has 2 N–H and O–H groups in total. The van der Waals surface area contributed by atoms with Gasteiger partial charge in [-0.25, -0.2) is 0 Å². The molecule has 0 radical (unpaired) electrons. The summed E-state index contributed by atoms with van der Waals surface area (Å²) in [5.41, 5.74) is 7.49. The van der Waals surface area contributed by atoms with Gasteiger partial charge in [-0.3, -0.25) is 4.90 Å². The SMILES string of the molecule is CC(CN)(Cc1ccc(Cl)cc1)N1CCCCCC1. The van der Waals surface area contributed by atoms with Crippen molar-refractivity contribution in [2.24, 2.45) is 5.73 Å². The summed E-state index contributed by atoms with van der Waals surface area (Å²) in [6.07, 6.45) is 6.32. The van der Waals surface area contributed by atoms with Crippen molar-refractivity contribution in [1.29, 1.82) is 0 Å². The van der Waals surface area contributed by atoms with Gasteiger partial charge in [0.2, 0.25) is 0 Å². The molecule has 3 heteroatoms.